The summed E-state index contributed by atoms with van der Waals surface area (Å²) >= 11 is 0. The summed E-state index contributed by atoms with van der Waals surface area (Å²) in [5, 5.41) is 16.1. The predicted molar refractivity (Wildman–Crippen MR) is 119 cm³/mol. The van der Waals surface area contributed by atoms with Gasteiger partial charge < -0.3 is 26.0 Å². The second-order valence-corrected chi connectivity index (χ2v) is 7.21. The Hall–Kier alpha value is -3.65. The molecule has 5 N–H and O–H groups in total. The number of nitrogens with two attached hydrogens (primary N) is 1. The number of hydrogen-bond acceptors (Lipinski definition) is 7. The van der Waals surface area contributed by atoms with Crippen LogP contribution < -0.4 is 16.4 Å². The Morgan fingerprint density at radius 1 is 1.03 bits per heavy atom. The van der Waals surface area contributed by atoms with Crippen LogP contribution in [0.3, 0.4) is 0 Å². The van der Waals surface area contributed by atoms with Crippen LogP contribution in [0.25, 0.3) is 11.2 Å². The second-order valence-electron chi connectivity index (χ2n) is 7.21. The number of hydrogen-bond donors (Lipinski definition) is 4. The molecule has 0 bridgehead atoms. The molecule has 2 heterocycles. The van der Waals surface area contributed by atoms with Gasteiger partial charge in [-0.25, -0.2) is 4.98 Å². The number of nitrogens with zero attached hydrogens (tertiary/aromatic N) is 4. The minimum atomic E-state index is -0.515. The lowest BCUT2D eigenvalue weighted by atomic mass is 10.2. The van der Waals surface area contributed by atoms with Crippen molar-refractivity contribution in [1.82, 2.24) is 19.5 Å². The average Bonchev–Trinajstić information content (AvgIpc) is 3.15. The standard InChI is InChI=1S/C22H25N7O/c1-15(30)11-25-22-27-20(24-12-17-9-5-6-10-18(17)23)19-21(28-22)29(14-26-19)13-16-7-3-2-4-8-16/h2-10,14-15,30H,11-13,23H2,1H3,(H2,24,25,27,28). The topological polar surface area (TPSA) is 114 Å². The lowest BCUT2D eigenvalue weighted by Crippen LogP contribution is -2.18. The molecule has 0 radical (unpaired) electrons. The molecule has 1 unspecified atom stereocenters. The third-order valence-corrected chi connectivity index (χ3v) is 4.72. The van der Waals surface area contributed by atoms with Gasteiger partial charge in [0.05, 0.1) is 19.0 Å². The molecule has 8 nitrogen and oxygen atoms in total. The molecule has 154 valence electrons. The molecule has 4 aromatic rings. The van der Waals surface area contributed by atoms with E-state index >= 15 is 0 Å². The van der Waals surface area contributed by atoms with Crippen LogP contribution in [0.5, 0.6) is 0 Å². The van der Waals surface area contributed by atoms with Gasteiger partial charge in [-0.15, -0.1) is 0 Å². The SMILES string of the molecule is CC(O)CNc1nc(NCc2ccccc2N)c2ncn(Cc3ccccc3)c2n1. The van der Waals surface area contributed by atoms with Crippen LogP contribution in [0.15, 0.2) is 60.9 Å². The van der Waals surface area contributed by atoms with Crippen LogP contribution in [0.2, 0.25) is 0 Å². The lowest BCUT2D eigenvalue weighted by Gasteiger charge is -2.12. The van der Waals surface area contributed by atoms with E-state index in [2.05, 4.69) is 37.7 Å². The molecular weight excluding hydrogens is 378 g/mol. The highest BCUT2D eigenvalue weighted by Gasteiger charge is 2.14. The molecule has 0 aliphatic rings. The third kappa shape index (κ3) is 4.49. The molecule has 0 saturated carbocycles. The van der Waals surface area contributed by atoms with Crippen LogP contribution in [0.1, 0.15) is 18.1 Å². The van der Waals surface area contributed by atoms with Gasteiger partial charge in [-0.05, 0) is 24.1 Å². The molecule has 30 heavy (non-hydrogen) atoms. The summed E-state index contributed by atoms with van der Waals surface area (Å²) in [4.78, 5) is 13.8. The summed E-state index contributed by atoms with van der Waals surface area (Å²) in [7, 11) is 0. The first-order valence-electron chi connectivity index (χ1n) is 9.86. The van der Waals surface area contributed by atoms with E-state index < -0.39 is 6.10 Å². The van der Waals surface area contributed by atoms with E-state index in [9.17, 15) is 5.11 Å². The molecule has 4 rings (SSSR count). The van der Waals surface area contributed by atoms with Gasteiger partial charge in [0.25, 0.3) is 0 Å². The number of para-hydroxylation sites is 1. The number of nitrogen functional groups attached to an aromatic ring is 1. The van der Waals surface area contributed by atoms with Crippen molar-refractivity contribution in [3.05, 3.63) is 72.1 Å². The zero-order valence-electron chi connectivity index (χ0n) is 16.8. The van der Waals surface area contributed by atoms with E-state index in [1.54, 1.807) is 13.3 Å². The number of rotatable bonds is 8. The first-order valence-corrected chi connectivity index (χ1v) is 9.86. The second kappa shape index (κ2) is 8.79. The monoisotopic (exact) mass is 403 g/mol. The van der Waals surface area contributed by atoms with Crippen molar-refractivity contribution in [3.8, 4) is 0 Å². The molecule has 2 aromatic heterocycles. The quantitative estimate of drug-likeness (QED) is 0.335. The van der Waals surface area contributed by atoms with Gasteiger partial charge in [-0.3, -0.25) is 0 Å². The molecule has 2 aromatic carbocycles. The van der Waals surface area contributed by atoms with Gasteiger partial charge in [0.1, 0.15) is 0 Å². The van der Waals surface area contributed by atoms with Crippen molar-refractivity contribution in [2.75, 3.05) is 22.9 Å². The average molecular weight is 403 g/mol. The van der Waals surface area contributed by atoms with E-state index in [1.807, 2.05) is 47.0 Å². The van der Waals surface area contributed by atoms with Crippen LogP contribution in [0, 0.1) is 0 Å². The largest absolute Gasteiger partial charge is 0.398 e. The molecule has 8 heteroatoms. The number of nitrogens with one attached hydrogen (secondary N) is 2. The number of benzene rings is 2. The van der Waals surface area contributed by atoms with Crippen molar-refractivity contribution in [2.24, 2.45) is 0 Å². The normalized spacial score (nSPS) is 12.1. The Bertz CT molecular complexity index is 1130. The van der Waals surface area contributed by atoms with Gasteiger partial charge in [-0.2, -0.15) is 9.97 Å². The molecule has 1 atom stereocenters. The van der Waals surface area contributed by atoms with Crippen molar-refractivity contribution >= 4 is 28.6 Å². The summed E-state index contributed by atoms with van der Waals surface area (Å²) in [5.74, 6) is 1.05. The Morgan fingerprint density at radius 3 is 2.57 bits per heavy atom. The van der Waals surface area contributed by atoms with Crippen molar-refractivity contribution in [3.63, 3.8) is 0 Å². The van der Waals surface area contributed by atoms with E-state index in [-0.39, 0.29) is 0 Å². The highest BCUT2D eigenvalue weighted by atomic mass is 16.3. The maximum absolute atomic E-state index is 9.62. The maximum Gasteiger partial charge on any atom is 0.226 e. The smallest absolute Gasteiger partial charge is 0.226 e. The Kier molecular flexibility index (Phi) is 5.76. The van der Waals surface area contributed by atoms with Gasteiger partial charge >= 0.3 is 0 Å². The van der Waals surface area contributed by atoms with Crippen molar-refractivity contribution in [2.45, 2.75) is 26.1 Å². The minimum absolute atomic E-state index is 0.351. The Labute approximate surface area is 174 Å². The van der Waals surface area contributed by atoms with Gasteiger partial charge in [0.2, 0.25) is 5.95 Å². The van der Waals surface area contributed by atoms with Crippen LogP contribution in [0.4, 0.5) is 17.5 Å². The van der Waals surface area contributed by atoms with E-state index in [0.717, 1.165) is 16.8 Å². The molecule has 0 saturated heterocycles. The number of fused-ring (bicyclic) bond motifs is 1. The zero-order valence-corrected chi connectivity index (χ0v) is 16.8. The highest BCUT2D eigenvalue weighted by molar-refractivity contribution is 5.84. The van der Waals surface area contributed by atoms with Gasteiger partial charge in [0.15, 0.2) is 17.0 Å². The Morgan fingerprint density at radius 2 is 1.80 bits per heavy atom. The maximum atomic E-state index is 9.62. The fraction of sp³-hybridized carbons (Fsp3) is 0.227. The molecule has 0 amide bonds. The number of aliphatic hydroxyl groups excluding tert-OH is 1. The zero-order chi connectivity index (χ0) is 20.9. The first kappa shape index (κ1) is 19.7. The van der Waals surface area contributed by atoms with Crippen LogP contribution in [-0.4, -0.2) is 37.3 Å². The summed E-state index contributed by atoms with van der Waals surface area (Å²) in [5.41, 5.74) is 10.3. The fourth-order valence-electron chi connectivity index (χ4n) is 3.16. The molecule has 0 aliphatic carbocycles. The third-order valence-electron chi connectivity index (χ3n) is 4.72. The highest BCUT2D eigenvalue weighted by Crippen LogP contribution is 2.23. The lowest BCUT2D eigenvalue weighted by molar-refractivity contribution is 0.208. The molecule has 0 spiro atoms. The van der Waals surface area contributed by atoms with Crippen molar-refractivity contribution < 1.29 is 5.11 Å². The summed E-state index contributed by atoms with van der Waals surface area (Å²) in [6.07, 6.45) is 1.26. The van der Waals surface area contributed by atoms with E-state index in [1.165, 1.54) is 0 Å². The first-order chi connectivity index (χ1) is 14.6. The number of aliphatic hydroxyl groups is 1. The van der Waals surface area contributed by atoms with E-state index in [0.29, 0.717) is 42.6 Å². The Balaban J connectivity index is 1.67. The molecule has 0 fully saturated rings. The fourth-order valence-corrected chi connectivity index (χ4v) is 3.16. The van der Waals surface area contributed by atoms with Crippen molar-refractivity contribution in [1.29, 1.82) is 0 Å². The molecular formula is C22H25N7O. The summed E-state index contributed by atoms with van der Waals surface area (Å²) in [6, 6.07) is 17.9. The number of aromatic nitrogens is 4. The number of anilines is 3. The summed E-state index contributed by atoms with van der Waals surface area (Å²) in [6.45, 7) is 3.22. The number of imidazole rings is 1. The van der Waals surface area contributed by atoms with E-state index in [4.69, 9.17) is 5.73 Å². The minimum Gasteiger partial charge on any atom is -0.398 e. The molecule has 0 aliphatic heterocycles. The van der Waals surface area contributed by atoms with Crippen LogP contribution >= 0.6 is 0 Å². The van der Waals surface area contributed by atoms with Gasteiger partial charge in [0, 0.05) is 18.8 Å². The van der Waals surface area contributed by atoms with Crippen LogP contribution in [-0.2, 0) is 13.1 Å². The van der Waals surface area contributed by atoms with Gasteiger partial charge in [-0.1, -0.05) is 48.5 Å². The summed E-state index contributed by atoms with van der Waals surface area (Å²) < 4.78 is 1.99. The predicted octanol–water partition coefficient (Wildman–Crippen LogP) is 2.86.